The van der Waals surface area contributed by atoms with Crippen LogP contribution in [-0.4, -0.2) is 41.7 Å². The highest BCUT2D eigenvalue weighted by Crippen LogP contribution is 2.54. The number of hydrogen-bond donors (Lipinski definition) is 0. The van der Waals surface area contributed by atoms with Gasteiger partial charge in [-0.2, -0.15) is 11.8 Å². The van der Waals surface area contributed by atoms with Gasteiger partial charge < -0.3 is 9.64 Å². The predicted octanol–water partition coefficient (Wildman–Crippen LogP) is 3.00. The molecule has 1 saturated heterocycles. The number of ether oxygens (including phenoxy) is 1. The van der Waals surface area contributed by atoms with E-state index in [1.54, 1.807) is 0 Å². The maximum atomic E-state index is 12.3. The van der Waals surface area contributed by atoms with Gasteiger partial charge in [0, 0.05) is 24.6 Å². The SMILES string of the molecule is O=C(OC1C2CC3CC(C2)CC1C3)N1CCSCC1. The average molecular weight is 281 g/mol. The molecule has 4 bridgehead atoms. The molecule has 0 radical (unpaired) electrons. The predicted molar refractivity (Wildman–Crippen MR) is 76.2 cm³/mol. The summed E-state index contributed by atoms with van der Waals surface area (Å²) in [4.78, 5) is 14.2. The van der Waals surface area contributed by atoms with Gasteiger partial charge in [0.15, 0.2) is 0 Å². The molecule has 106 valence electrons. The number of nitrogens with zero attached hydrogens (tertiary/aromatic N) is 1. The van der Waals surface area contributed by atoms with E-state index >= 15 is 0 Å². The third-order valence-corrected chi connectivity index (χ3v) is 6.59. The molecule has 0 N–H and O–H groups in total. The molecule has 1 heterocycles. The van der Waals surface area contributed by atoms with E-state index in [1.165, 1.54) is 32.1 Å². The summed E-state index contributed by atoms with van der Waals surface area (Å²) in [5.74, 6) is 5.39. The zero-order chi connectivity index (χ0) is 12.8. The second kappa shape index (κ2) is 4.87. The lowest BCUT2D eigenvalue weighted by atomic mass is 9.55. The molecule has 5 fully saturated rings. The average Bonchev–Trinajstić information content (AvgIpc) is 2.43. The van der Waals surface area contributed by atoms with Crippen LogP contribution in [0.5, 0.6) is 0 Å². The van der Waals surface area contributed by atoms with Crippen LogP contribution in [0.15, 0.2) is 0 Å². The molecule has 5 rings (SSSR count). The second-order valence-corrected chi connectivity index (χ2v) is 8.10. The van der Waals surface area contributed by atoms with Crippen molar-refractivity contribution in [3.05, 3.63) is 0 Å². The Labute approximate surface area is 119 Å². The molecule has 1 aliphatic heterocycles. The van der Waals surface area contributed by atoms with Gasteiger partial charge >= 0.3 is 6.09 Å². The first kappa shape index (κ1) is 12.4. The Morgan fingerprint density at radius 3 is 2.11 bits per heavy atom. The maximum absolute atomic E-state index is 12.3. The van der Waals surface area contributed by atoms with Crippen molar-refractivity contribution in [2.75, 3.05) is 24.6 Å². The largest absolute Gasteiger partial charge is 0.446 e. The van der Waals surface area contributed by atoms with Crippen molar-refractivity contribution in [3.8, 4) is 0 Å². The molecular weight excluding hydrogens is 258 g/mol. The summed E-state index contributed by atoms with van der Waals surface area (Å²) in [6, 6.07) is 0. The molecule has 0 unspecified atom stereocenters. The molecule has 4 saturated carbocycles. The van der Waals surface area contributed by atoms with Crippen LogP contribution < -0.4 is 0 Å². The van der Waals surface area contributed by atoms with Gasteiger partial charge in [-0.3, -0.25) is 0 Å². The Kier molecular flexibility index (Phi) is 3.17. The normalized spacial score (nSPS) is 44.4. The topological polar surface area (TPSA) is 29.5 Å². The molecule has 4 aliphatic carbocycles. The van der Waals surface area contributed by atoms with E-state index < -0.39 is 0 Å². The van der Waals surface area contributed by atoms with Crippen LogP contribution in [0.25, 0.3) is 0 Å². The molecule has 0 aromatic heterocycles. The number of rotatable bonds is 1. The van der Waals surface area contributed by atoms with Crippen molar-refractivity contribution in [3.63, 3.8) is 0 Å². The van der Waals surface area contributed by atoms with Crippen molar-refractivity contribution in [1.29, 1.82) is 0 Å². The van der Waals surface area contributed by atoms with E-state index in [4.69, 9.17) is 4.74 Å². The quantitative estimate of drug-likeness (QED) is 0.740. The van der Waals surface area contributed by atoms with Crippen molar-refractivity contribution in [2.24, 2.45) is 23.7 Å². The van der Waals surface area contributed by atoms with Gasteiger partial charge in [0.2, 0.25) is 0 Å². The number of carbonyl (C=O) groups is 1. The van der Waals surface area contributed by atoms with E-state index in [9.17, 15) is 4.79 Å². The van der Waals surface area contributed by atoms with Crippen LogP contribution in [0.2, 0.25) is 0 Å². The Hall–Kier alpha value is -0.380. The molecule has 4 heteroatoms. The Bertz CT molecular complexity index is 339. The van der Waals surface area contributed by atoms with Gasteiger partial charge in [-0.05, 0) is 55.8 Å². The Balaban J connectivity index is 1.41. The van der Waals surface area contributed by atoms with Gasteiger partial charge in [0.25, 0.3) is 0 Å². The highest BCUT2D eigenvalue weighted by molar-refractivity contribution is 7.99. The minimum atomic E-state index is -0.0298. The second-order valence-electron chi connectivity index (χ2n) is 6.88. The zero-order valence-electron chi connectivity index (χ0n) is 11.4. The highest BCUT2D eigenvalue weighted by atomic mass is 32.2. The van der Waals surface area contributed by atoms with E-state index in [-0.39, 0.29) is 12.2 Å². The van der Waals surface area contributed by atoms with E-state index in [1.807, 2.05) is 16.7 Å². The van der Waals surface area contributed by atoms with Crippen molar-refractivity contribution in [2.45, 2.75) is 38.2 Å². The first-order valence-electron chi connectivity index (χ1n) is 7.83. The summed E-state index contributed by atoms with van der Waals surface area (Å²) in [5, 5.41) is 0. The first-order valence-corrected chi connectivity index (χ1v) is 8.98. The van der Waals surface area contributed by atoms with Gasteiger partial charge in [-0.25, -0.2) is 4.79 Å². The molecule has 0 aromatic carbocycles. The molecule has 0 spiro atoms. The summed E-state index contributed by atoms with van der Waals surface area (Å²) >= 11 is 1.94. The molecule has 0 atom stereocenters. The fraction of sp³-hybridized carbons (Fsp3) is 0.933. The molecule has 19 heavy (non-hydrogen) atoms. The molecule has 0 aromatic rings. The lowest BCUT2D eigenvalue weighted by Crippen LogP contribution is -2.51. The van der Waals surface area contributed by atoms with Crippen LogP contribution in [0, 0.1) is 23.7 Å². The van der Waals surface area contributed by atoms with Crippen LogP contribution in [0.1, 0.15) is 32.1 Å². The van der Waals surface area contributed by atoms with E-state index in [0.717, 1.165) is 36.4 Å². The molecular formula is C15H23NO2S. The van der Waals surface area contributed by atoms with Gasteiger partial charge in [-0.1, -0.05) is 0 Å². The smallest absolute Gasteiger partial charge is 0.410 e. The summed E-state index contributed by atoms with van der Waals surface area (Å²) in [7, 11) is 0. The number of carbonyl (C=O) groups excluding carboxylic acids is 1. The van der Waals surface area contributed by atoms with Gasteiger partial charge in [-0.15, -0.1) is 0 Å². The fourth-order valence-corrected chi connectivity index (χ4v) is 5.91. The fourth-order valence-electron chi connectivity index (χ4n) is 5.00. The van der Waals surface area contributed by atoms with Crippen molar-refractivity contribution < 1.29 is 9.53 Å². The lowest BCUT2D eigenvalue weighted by Gasteiger charge is -2.53. The summed E-state index contributed by atoms with van der Waals surface area (Å²) in [6.45, 7) is 1.74. The number of hydrogen-bond acceptors (Lipinski definition) is 3. The van der Waals surface area contributed by atoms with Crippen molar-refractivity contribution in [1.82, 2.24) is 4.90 Å². The maximum Gasteiger partial charge on any atom is 0.410 e. The third kappa shape index (κ3) is 2.26. The standard InChI is InChI=1S/C15H23NO2S/c17-15(16-1-3-19-4-2-16)18-14-12-6-10-5-11(8-12)9-13(14)7-10/h10-14H,1-9H2. The lowest BCUT2D eigenvalue weighted by molar-refractivity contribution is -0.102. The van der Waals surface area contributed by atoms with Gasteiger partial charge in [0.1, 0.15) is 6.10 Å². The minimum Gasteiger partial charge on any atom is -0.446 e. The van der Waals surface area contributed by atoms with Crippen LogP contribution in [0.4, 0.5) is 4.79 Å². The Morgan fingerprint density at radius 2 is 1.53 bits per heavy atom. The first-order chi connectivity index (χ1) is 9.29. The van der Waals surface area contributed by atoms with Crippen LogP contribution >= 0.6 is 11.8 Å². The highest BCUT2D eigenvalue weighted by Gasteiger charge is 2.50. The minimum absolute atomic E-state index is 0.0298. The zero-order valence-corrected chi connectivity index (χ0v) is 12.2. The molecule has 3 nitrogen and oxygen atoms in total. The van der Waals surface area contributed by atoms with Crippen LogP contribution in [-0.2, 0) is 4.74 Å². The molecule has 1 amide bonds. The number of amides is 1. The third-order valence-electron chi connectivity index (χ3n) is 5.65. The summed E-state index contributed by atoms with van der Waals surface area (Å²) in [6.07, 6.45) is 6.95. The number of thioether (sulfide) groups is 1. The molecule has 5 aliphatic rings. The summed E-state index contributed by atoms with van der Waals surface area (Å²) in [5.41, 5.74) is 0. The van der Waals surface area contributed by atoms with E-state index in [0.29, 0.717) is 11.8 Å². The van der Waals surface area contributed by atoms with Crippen molar-refractivity contribution >= 4 is 17.9 Å². The van der Waals surface area contributed by atoms with Crippen LogP contribution in [0.3, 0.4) is 0 Å². The van der Waals surface area contributed by atoms with Gasteiger partial charge in [0.05, 0.1) is 0 Å². The Morgan fingerprint density at radius 1 is 0.947 bits per heavy atom. The monoisotopic (exact) mass is 281 g/mol. The van der Waals surface area contributed by atoms with E-state index in [2.05, 4.69) is 0 Å². The summed E-state index contributed by atoms with van der Waals surface area (Å²) < 4.78 is 5.94.